The van der Waals surface area contributed by atoms with Crippen LogP contribution >= 0.6 is 0 Å². The zero-order chi connectivity index (χ0) is 11.7. The second-order valence-corrected chi connectivity index (χ2v) is 3.61. The Hall–Kier alpha value is -2.08. The van der Waals surface area contributed by atoms with Gasteiger partial charge in [0.15, 0.2) is 11.5 Å². The fourth-order valence-corrected chi connectivity index (χ4v) is 1.63. The van der Waals surface area contributed by atoms with Crippen LogP contribution in [0.5, 0.6) is 11.5 Å². The zero-order valence-corrected chi connectivity index (χ0v) is 9.27. The average Bonchev–Trinajstić information content (AvgIpc) is 2.96. The highest BCUT2D eigenvalue weighted by molar-refractivity contribution is 5.61. The summed E-state index contributed by atoms with van der Waals surface area (Å²) in [5, 5.41) is 6.86. The molecule has 1 aromatic heterocycles. The normalized spacial score (nSPS) is 13.0. The Kier molecular flexibility index (Phi) is 2.41. The Morgan fingerprint density at radius 3 is 3.06 bits per heavy atom. The lowest BCUT2D eigenvalue weighted by Gasteiger charge is -1.97. The van der Waals surface area contributed by atoms with Gasteiger partial charge in [-0.05, 0) is 25.2 Å². The molecule has 3 rings (SSSR count). The third-order valence-electron chi connectivity index (χ3n) is 2.43. The molecule has 0 aliphatic carbocycles. The van der Waals surface area contributed by atoms with E-state index in [1.54, 1.807) is 0 Å². The summed E-state index contributed by atoms with van der Waals surface area (Å²) in [6.45, 7) is 0.813. The van der Waals surface area contributed by atoms with E-state index in [-0.39, 0.29) is 6.79 Å². The minimum absolute atomic E-state index is 0.260. The number of fused-ring (bicyclic) bond motifs is 1. The summed E-state index contributed by atoms with van der Waals surface area (Å²) in [6.07, 6.45) is 0. The molecule has 2 heterocycles. The molecule has 0 fully saturated rings. The molecule has 1 aliphatic heterocycles. The van der Waals surface area contributed by atoms with E-state index < -0.39 is 0 Å². The van der Waals surface area contributed by atoms with Crippen molar-refractivity contribution in [2.24, 2.45) is 0 Å². The third-order valence-corrected chi connectivity index (χ3v) is 2.43. The molecule has 6 heteroatoms. The minimum atomic E-state index is 0.260. The summed E-state index contributed by atoms with van der Waals surface area (Å²) in [7, 11) is 1.82. The number of benzene rings is 1. The van der Waals surface area contributed by atoms with Crippen molar-refractivity contribution < 1.29 is 14.0 Å². The molecule has 0 saturated heterocycles. The van der Waals surface area contributed by atoms with Gasteiger partial charge in [-0.25, -0.2) is 0 Å². The van der Waals surface area contributed by atoms with E-state index in [1.165, 1.54) is 0 Å². The molecule has 88 valence electrons. The maximum Gasteiger partial charge on any atom is 0.240 e. The van der Waals surface area contributed by atoms with Crippen molar-refractivity contribution in [1.29, 1.82) is 0 Å². The zero-order valence-electron chi connectivity index (χ0n) is 9.27. The van der Waals surface area contributed by atoms with Crippen LogP contribution in [0.4, 0.5) is 0 Å². The van der Waals surface area contributed by atoms with E-state index in [0.717, 1.165) is 11.3 Å². The van der Waals surface area contributed by atoms with Gasteiger partial charge in [0.05, 0.1) is 6.54 Å². The maximum absolute atomic E-state index is 5.29. The lowest BCUT2D eigenvalue weighted by atomic mass is 10.2. The third kappa shape index (κ3) is 1.83. The van der Waals surface area contributed by atoms with Crippen LogP contribution in [0.25, 0.3) is 11.4 Å². The van der Waals surface area contributed by atoms with Gasteiger partial charge in [0, 0.05) is 5.56 Å². The van der Waals surface area contributed by atoms with Crippen LogP contribution in [0.2, 0.25) is 0 Å². The van der Waals surface area contributed by atoms with Crippen molar-refractivity contribution in [2.75, 3.05) is 13.8 Å². The predicted molar refractivity (Wildman–Crippen MR) is 58.6 cm³/mol. The number of ether oxygens (including phenoxy) is 2. The fraction of sp³-hybridized carbons (Fsp3) is 0.273. The first-order chi connectivity index (χ1) is 8.36. The van der Waals surface area contributed by atoms with Crippen LogP contribution in [0.15, 0.2) is 22.7 Å². The topological polar surface area (TPSA) is 69.4 Å². The Balaban J connectivity index is 1.92. The number of hydrogen-bond acceptors (Lipinski definition) is 6. The van der Waals surface area contributed by atoms with E-state index in [4.69, 9.17) is 14.0 Å². The molecule has 2 aromatic rings. The molecule has 0 spiro atoms. The first-order valence-electron chi connectivity index (χ1n) is 5.24. The summed E-state index contributed by atoms with van der Waals surface area (Å²) in [4.78, 5) is 4.26. The highest BCUT2D eigenvalue weighted by Gasteiger charge is 2.16. The standard InChI is InChI=1S/C11H11N3O3/c1-12-5-10-13-11(14-17-10)7-2-3-8-9(4-7)16-6-15-8/h2-4,12H,5-6H2,1H3. The van der Waals surface area contributed by atoms with Gasteiger partial charge in [-0.15, -0.1) is 0 Å². The molecule has 0 amide bonds. The number of nitrogens with one attached hydrogen (secondary N) is 1. The van der Waals surface area contributed by atoms with Gasteiger partial charge in [-0.1, -0.05) is 5.16 Å². The van der Waals surface area contributed by atoms with Crippen LogP contribution in [0.1, 0.15) is 5.89 Å². The molecule has 0 saturated carbocycles. The molecule has 1 aromatic carbocycles. The Morgan fingerprint density at radius 2 is 2.18 bits per heavy atom. The Bertz CT molecular complexity index is 539. The predicted octanol–water partition coefficient (Wildman–Crippen LogP) is 1.18. The summed E-state index contributed by atoms with van der Waals surface area (Å²) in [5.41, 5.74) is 0.848. The van der Waals surface area contributed by atoms with Gasteiger partial charge in [-0.3, -0.25) is 0 Å². The van der Waals surface area contributed by atoms with Crippen LogP contribution in [-0.4, -0.2) is 24.0 Å². The molecule has 0 atom stereocenters. The quantitative estimate of drug-likeness (QED) is 0.858. The van der Waals surface area contributed by atoms with Gasteiger partial charge >= 0.3 is 0 Å². The molecule has 1 N–H and O–H groups in total. The largest absolute Gasteiger partial charge is 0.454 e. The van der Waals surface area contributed by atoms with Crippen molar-refractivity contribution in [3.05, 3.63) is 24.1 Å². The molecule has 1 aliphatic rings. The Morgan fingerprint density at radius 1 is 1.29 bits per heavy atom. The van der Waals surface area contributed by atoms with Crippen LogP contribution in [-0.2, 0) is 6.54 Å². The van der Waals surface area contributed by atoms with Crippen LogP contribution in [0.3, 0.4) is 0 Å². The summed E-state index contributed by atoms with van der Waals surface area (Å²) < 4.78 is 15.6. The lowest BCUT2D eigenvalue weighted by Crippen LogP contribution is -2.04. The molecule has 6 nitrogen and oxygen atoms in total. The number of hydrogen-bond donors (Lipinski definition) is 1. The highest BCUT2D eigenvalue weighted by atomic mass is 16.7. The van der Waals surface area contributed by atoms with E-state index >= 15 is 0 Å². The smallest absolute Gasteiger partial charge is 0.240 e. The van der Waals surface area contributed by atoms with Crippen molar-refractivity contribution in [1.82, 2.24) is 15.5 Å². The van der Waals surface area contributed by atoms with Gasteiger partial charge in [0.2, 0.25) is 18.5 Å². The van der Waals surface area contributed by atoms with Gasteiger partial charge in [0.25, 0.3) is 0 Å². The fourth-order valence-electron chi connectivity index (χ4n) is 1.63. The van der Waals surface area contributed by atoms with Crippen molar-refractivity contribution >= 4 is 0 Å². The first-order valence-corrected chi connectivity index (χ1v) is 5.24. The monoisotopic (exact) mass is 233 g/mol. The number of nitrogens with zero attached hydrogens (tertiary/aromatic N) is 2. The molecule has 0 radical (unpaired) electrons. The van der Waals surface area contributed by atoms with E-state index in [9.17, 15) is 0 Å². The minimum Gasteiger partial charge on any atom is -0.454 e. The second-order valence-electron chi connectivity index (χ2n) is 3.61. The van der Waals surface area contributed by atoms with E-state index in [2.05, 4.69) is 15.5 Å². The van der Waals surface area contributed by atoms with Crippen molar-refractivity contribution in [3.8, 4) is 22.9 Å². The number of rotatable bonds is 3. The van der Waals surface area contributed by atoms with E-state index in [0.29, 0.717) is 24.0 Å². The molecular weight excluding hydrogens is 222 g/mol. The number of aromatic nitrogens is 2. The maximum atomic E-state index is 5.29. The highest BCUT2D eigenvalue weighted by Crippen LogP contribution is 2.34. The summed E-state index contributed by atoms with van der Waals surface area (Å²) in [6, 6.07) is 5.56. The van der Waals surface area contributed by atoms with Gasteiger partial charge in [-0.2, -0.15) is 4.98 Å². The van der Waals surface area contributed by atoms with Crippen molar-refractivity contribution in [3.63, 3.8) is 0 Å². The van der Waals surface area contributed by atoms with Crippen molar-refractivity contribution in [2.45, 2.75) is 6.54 Å². The SMILES string of the molecule is CNCc1nc(-c2ccc3c(c2)OCO3)no1. The molecule has 17 heavy (non-hydrogen) atoms. The molecular formula is C11H11N3O3. The second kappa shape index (κ2) is 4.06. The summed E-state index contributed by atoms with van der Waals surface area (Å²) >= 11 is 0. The Labute approximate surface area is 97.5 Å². The lowest BCUT2D eigenvalue weighted by molar-refractivity contribution is 0.174. The first kappa shape index (κ1) is 10.1. The molecule has 0 unspecified atom stereocenters. The van der Waals surface area contributed by atoms with Crippen LogP contribution < -0.4 is 14.8 Å². The molecule has 0 bridgehead atoms. The average molecular weight is 233 g/mol. The van der Waals surface area contributed by atoms with Gasteiger partial charge < -0.3 is 19.3 Å². The van der Waals surface area contributed by atoms with Gasteiger partial charge in [0.1, 0.15) is 0 Å². The van der Waals surface area contributed by atoms with E-state index in [1.807, 2.05) is 25.2 Å². The van der Waals surface area contributed by atoms with Crippen LogP contribution in [0, 0.1) is 0 Å². The summed E-state index contributed by atoms with van der Waals surface area (Å²) in [5.74, 6) is 2.56.